The van der Waals surface area contributed by atoms with E-state index in [-0.39, 0.29) is 60.9 Å². The topological polar surface area (TPSA) is 106 Å². The van der Waals surface area contributed by atoms with Gasteiger partial charge in [-0.1, -0.05) is 25.0 Å². The molecular formula is C32H41Cl2FN4O5. The molecule has 2 aliphatic rings. The van der Waals surface area contributed by atoms with Gasteiger partial charge in [0, 0.05) is 50.3 Å². The number of benzene rings is 2. The minimum atomic E-state index is -1.13. The molecular weight excluding hydrogens is 610 g/mol. The largest absolute Gasteiger partial charge is 0.494 e. The second kappa shape index (κ2) is 15.8. The Balaban J connectivity index is 0.00000264. The molecule has 1 aliphatic heterocycles. The van der Waals surface area contributed by atoms with E-state index in [1.165, 1.54) is 19.1 Å². The quantitative estimate of drug-likeness (QED) is 0.294. The third-order valence-corrected chi connectivity index (χ3v) is 8.37. The molecule has 0 unspecified atom stereocenters. The van der Waals surface area contributed by atoms with Gasteiger partial charge in [-0.3, -0.25) is 9.59 Å². The molecule has 1 aliphatic carbocycles. The van der Waals surface area contributed by atoms with Crippen molar-refractivity contribution in [1.29, 1.82) is 0 Å². The van der Waals surface area contributed by atoms with Crippen LogP contribution in [-0.2, 0) is 4.74 Å². The summed E-state index contributed by atoms with van der Waals surface area (Å²) in [5.74, 6) is 0.0000909. The van der Waals surface area contributed by atoms with E-state index in [9.17, 15) is 19.1 Å². The lowest BCUT2D eigenvalue weighted by Gasteiger charge is -2.41. The zero-order valence-electron chi connectivity index (χ0n) is 25.0. The van der Waals surface area contributed by atoms with Crippen molar-refractivity contribution >= 4 is 36.5 Å². The van der Waals surface area contributed by atoms with E-state index >= 15 is 0 Å². The number of hydrogen-bond acceptors (Lipinski definition) is 7. The number of carbonyl (C=O) groups is 2. The first-order chi connectivity index (χ1) is 20.3. The van der Waals surface area contributed by atoms with Gasteiger partial charge in [0.2, 0.25) is 0 Å². The predicted molar refractivity (Wildman–Crippen MR) is 171 cm³/mol. The molecule has 2 fully saturated rings. The predicted octanol–water partition coefficient (Wildman–Crippen LogP) is 5.11. The first kappa shape index (κ1) is 35.5. The lowest BCUT2D eigenvalue weighted by atomic mass is 9.80. The van der Waals surface area contributed by atoms with E-state index < -0.39 is 11.4 Å². The van der Waals surface area contributed by atoms with Crippen molar-refractivity contribution in [3.05, 3.63) is 71.9 Å². The van der Waals surface area contributed by atoms with Gasteiger partial charge in [0.1, 0.15) is 17.2 Å². The number of amides is 1. The number of nitrogens with one attached hydrogen (secondary N) is 1. The minimum Gasteiger partial charge on any atom is -0.494 e. The highest BCUT2D eigenvalue weighted by molar-refractivity contribution is 5.98. The van der Waals surface area contributed by atoms with Crippen LogP contribution in [0.4, 0.5) is 4.39 Å². The molecule has 12 heteroatoms. The fraction of sp³-hybridized carbons (Fsp3) is 0.469. The molecule has 1 amide bonds. The summed E-state index contributed by atoms with van der Waals surface area (Å²) in [7, 11) is 1.56. The second-order valence-corrected chi connectivity index (χ2v) is 11.2. The minimum absolute atomic E-state index is 0. The third kappa shape index (κ3) is 7.79. The molecule has 0 bridgehead atoms. The highest BCUT2D eigenvalue weighted by Gasteiger charge is 2.42. The zero-order valence-corrected chi connectivity index (χ0v) is 26.7. The molecule has 3 aromatic rings. The maximum absolute atomic E-state index is 14.5. The van der Waals surface area contributed by atoms with Crippen LogP contribution >= 0.6 is 24.8 Å². The van der Waals surface area contributed by atoms with Gasteiger partial charge < -0.3 is 29.4 Å². The smallest absolute Gasteiger partial charge is 0.275 e. The summed E-state index contributed by atoms with van der Waals surface area (Å²) in [4.78, 5) is 32.1. The Kier molecular flexibility index (Phi) is 12.7. The third-order valence-electron chi connectivity index (χ3n) is 8.37. The summed E-state index contributed by atoms with van der Waals surface area (Å²) in [5.41, 5.74) is 0.759. The number of halogens is 3. The van der Waals surface area contributed by atoms with Crippen molar-refractivity contribution in [2.75, 3.05) is 40.0 Å². The Hall–Kier alpha value is -3.02. The number of Topliss-reactive ketones (excluding diaryl/α,β-unsaturated/α-hetero) is 1. The average molecular weight is 652 g/mol. The summed E-state index contributed by atoms with van der Waals surface area (Å²) >= 11 is 0. The van der Waals surface area contributed by atoms with Gasteiger partial charge >= 0.3 is 0 Å². The Morgan fingerprint density at radius 2 is 1.93 bits per heavy atom. The standard InChI is InChI=1S/C32H39FN4O5.2ClH/c1-22(38)23-9-11-27(12-10-23)42-17-13-26-19-34-15-16-36(26)31(39)29-30(24-6-5-7-25(33)18-24)37(21-35-29)28-8-3-4-14-32(28,40)20-41-2;;/h5-7,9-12,18,21,26,28,34,40H,3-4,8,13-17,19-20H2,1-2H3;2*1H/t26-,28-,32-;;/m1../s1. The number of ether oxygens (including phenoxy) is 2. The van der Waals surface area contributed by atoms with Gasteiger partial charge in [0.15, 0.2) is 11.5 Å². The number of imidazole rings is 1. The number of aromatic nitrogens is 2. The number of piperazine rings is 1. The van der Waals surface area contributed by atoms with Gasteiger partial charge in [-0.05, 0) is 56.2 Å². The van der Waals surface area contributed by atoms with E-state index in [1.54, 1.807) is 49.8 Å². The molecule has 44 heavy (non-hydrogen) atoms. The summed E-state index contributed by atoms with van der Waals surface area (Å²) in [6, 6.07) is 12.7. The van der Waals surface area contributed by atoms with E-state index in [1.807, 2.05) is 9.47 Å². The number of nitrogens with zero attached hydrogens (tertiary/aromatic N) is 3. The summed E-state index contributed by atoms with van der Waals surface area (Å²) in [6.45, 7) is 3.79. The molecule has 1 saturated heterocycles. The number of rotatable bonds is 10. The van der Waals surface area contributed by atoms with Gasteiger partial charge in [0.05, 0.1) is 31.3 Å². The average Bonchev–Trinajstić information content (AvgIpc) is 3.42. The van der Waals surface area contributed by atoms with E-state index in [2.05, 4.69) is 10.3 Å². The van der Waals surface area contributed by atoms with Crippen LogP contribution in [0.1, 0.15) is 65.9 Å². The van der Waals surface area contributed by atoms with E-state index in [4.69, 9.17) is 9.47 Å². The number of hydrogen-bond donors (Lipinski definition) is 2. The van der Waals surface area contributed by atoms with Crippen LogP contribution in [-0.4, -0.2) is 82.8 Å². The molecule has 2 aromatic carbocycles. The van der Waals surface area contributed by atoms with Crippen LogP contribution in [0.5, 0.6) is 5.75 Å². The molecule has 1 saturated carbocycles. The first-order valence-electron chi connectivity index (χ1n) is 14.6. The van der Waals surface area contributed by atoms with Crippen molar-refractivity contribution in [2.24, 2.45) is 0 Å². The number of methoxy groups -OCH3 is 1. The first-order valence-corrected chi connectivity index (χ1v) is 14.6. The lowest BCUT2D eigenvalue weighted by Crippen LogP contribution is -2.54. The molecule has 1 aromatic heterocycles. The van der Waals surface area contributed by atoms with Gasteiger partial charge in [-0.2, -0.15) is 0 Å². The van der Waals surface area contributed by atoms with Crippen LogP contribution in [0.2, 0.25) is 0 Å². The van der Waals surface area contributed by atoms with Crippen LogP contribution in [0.15, 0.2) is 54.9 Å². The van der Waals surface area contributed by atoms with Crippen molar-refractivity contribution in [3.63, 3.8) is 0 Å². The van der Waals surface area contributed by atoms with Crippen molar-refractivity contribution in [2.45, 2.75) is 56.7 Å². The Morgan fingerprint density at radius 1 is 1.16 bits per heavy atom. The van der Waals surface area contributed by atoms with Crippen LogP contribution < -0.4 is 10.1 Å². The highest BCUT2D eigenvalue weighted by Crippen LogP contribution is 2.41. The molecule has 0 spiro atoms. The Morgan fingerprint density at radius 3 is 2.64 bits per heavy atom. The molecule has 5 rings (SSSR count). The lowest BCUT2D eigenvalue weighted by molar-refractivity contribution is -0.0893. The van der Waals surface area contributed by atoms with E-state index in [0.29, 0.717) is 68.1 Å². The van der Waals surface area contributed by atoms with Gasteiger partial charge in [0.25, 0.3) is 5.91 Å². The fourth-order valence-electron chi connectivity index (χ4n) is 6.22. The van der Waals surface area contributed by atoms with Crippen molar-refractivity contribution in [1.82, 2.24) is 19.8 Å². The number of aliphatic hydroxyl groups is 1. The number of carbonyl (C=O) groups excluding carboxylic acids is 2. The Labute approximate surface area is 270 Å². The van der Waals surface area contributed by atoms with E-state index in [0.717, 1.165) is 12.8 Å². The van der Waals surface area contributed by atoms with Crippen LogP contribution in [0.25, 0.3) is 11.3 Å². The monoisotopic (exact) mass is 650 g/mol. The molecule has 9 nitrogen and oxygen atoms in total. The SMILES string of the molecule is COC[C@]1(O)CCCC[C@H]1n1cnc(C(=O)N2CCNC[C@H]2CCOc2ccc(C(C)=O)cc2)c1-c1cccc(F)c1.Cl.Cl. The van der Waals surface area contributed by atoms with Crippen molar-refractivity contribution in [3.8, 4) is 17.0 Å². The normalized spacial score (nSPS) is 21.6. The van der Waals surface area contributed by atoms with Crippen LogP contribution in [0, 0.1) is 5.82 Å². The van der Waals surface area contributed by atoms with Crippen LogP contribution in [0.3, 0.4) is 0 Å². The highest BCUT2D eigenvalue weighted by atomic mass is 35.5. The molecule has 3 atom stereocenters. The molecule has 2 N–H and O–H groups in total. The summed E-state index contributed by atoms with van der Waals surface area (Å²) in [5, 5.41) is 15.0. The second-order valence-electron chi connectivity index (χ2n) is 11.2. The zero-order chi connectivity index (χ0) is 29.7. The summed E-state index contributed by atoms with van der Waals surface area (Å²) in [6.07, 6.45) is 5.23. The van der Waals surface area contributed by atoms with Gasteiger partial charge in [-0.15, -0.1) is 24.8 Å². The number of ketones is 1. The maximum Gasteiger partial charge on any atom is 0.275 e. The van der Waals surface area contributed by atoms with Crippen molar-refractivity contribution < 1.29 is 28.6 Å². The molecule has 240 valence electrons. The molecule has 0 radical (unpaired) electrons. The summed E-state index contributed by atoms with van der Waals surface area (Å²) < 4.78 is 27.6. The fourth-order valence-corrected chi connectivity index (χ4v) is 6.22. The molecule has 2 heterocycles. The van der Waals surface area contributed by atoms with Gasteiger partial charge in [-0.25, -0.2) is 9.37 Å². The Bertz CT molecular complexity index is 1400. The maximum atomic E-state index is 14.5.